The molecule has 2 rings (SSSR count). The largest absolute Gasteiger partial charge is 0.390 e. The molecule has 1 aromatic heterocycles. The maximum Gasteiger partial charge on any atom is 0.330 e. The van der Waals surface area contributed by atoms with Gasteiger partial charge < -0.3 is 14.9 Å². The third-order valence-corrected chi connectivity index (χ3v) is 2.67. The number of ether oxygens (including phenoxy) is 1. The van der Waals surface area contributed by atoms with Gasteiger partial charge in [-0.05, 0) is 0 Å². The van der Waals surface area contributed by atoms with E-state index in [1.807, 2.05) is 4.98 Å². The lowest BCUT2D eigenvalue weighted by Crippen LogP contribution is -2.41. The lowest BCUT2D eigenvalue weighted by atomic mass is 10.1. The Kier molecular flexibility index (Phi) is 3.05. The summed E-state index contributed by atoms with van der Waals surface area (Å²) in [6.07, 6.45) is -5.34. The molecule has 7 nitrogen and oxygen atoms in total. The van der Waals surface area contributed by atoms with E-state index >= 15 is 0 Å². The maximum absolute atomic E-state index is 13.7. The van der Waals surface area contributed by atoms with Crippen LogP contribution in [-0.2, 0) is 4.74 Å². The fourth-order valence-corrected chi connectivity index (χ4v) is 1.70. The molecular formula is C9H10F2N2O5. The van der Waals surface area contributed by atoms with Crippen LogP contribution in [0.1, 0.15) is 6.23 Å². The fourth-order valence-electron chi connectivity index (χ4n) is 1.70. The molecule has 4 atom stereocenters. The zero-order valence-electron chi connectivity index (χ0n) is 8.92. The summed E-state index contributed by atoms with van der Waals surface area (Å²) in [6.45, 7) is -1.26. The van der Waals surface area contributed by atoms with E-state index in [4.69, 9.17) is 5.11 Å². The van der Waals surface area contributed by atoms with E-state index in [1.54, 1.807) is 0 Å². The van der Waals surface area contributed by atoms with Gasteiger partial charge in [-0.25, -0.2) is 13.6 Å². The van der Waals surface area contributed by atoms with E-state index in [9.17, 15) is 23.5 Å². The van der Waals surface area contributed by atoms with Crippen LogP contribution in [0.15, 0.2) is 21.9 Å². The van der Waals surface area contributed by atoms with Crippen molar-refractivity contribution in [2.24, 2.45) is 0 Å². The summed E-state index contributed by atoms with van der Waals surface area (Å²) < 4.78 is 32.5. The lowest BCUT2D eigenvalue weighted by Gasteiger charge is -2.19. The van der Waals surface area contributed by atoms with Crippen molar-refractivity contribution < 1.29 is 23.7 Å². The van der Waals surface area contributed by atoms with E-state index in [0.717, 1.165) is 12.3 Å². The summed E-state index contributed by atoms with van der Waals surface area (Å²) in [5, 5.41) is 18.0. The third kappa shape index (κ3) is 1.85. The number of rotatable bonds is 2. The van der Waals surface area contributed by atoms with Crippen molar-refractivity contribution >= 4 is 0 Å². The molecule has 100 valence electrons. The minimum atomic E-state index is -2.99. The summed E-state index contributed by atoms with van der Waals surface area (Å²) in [5.41, 5.74) is -1.72. The van der Waals surface area contributed by atoms with Crippen LogP contribution >= 0.6 is 0 Å². The predicted molar refractivity (Wildman–Crippen MR) is 53.3 cm³/mol. The van der Waals surface area contributed by atoms with Crippen molar-refractivity contribution in [2.45, 2.75) is 24.4 Å². The van der Waals surface area contributed by atoms with Crippen LogP contribution in [0.3, 0.4) is 0 Å². The van der Waals surface area contributed by atoms with Gasteiger partial charge in [-0.15, -0.1) is 0 Å². The number of aliphatic hydroxyl groups is 2. The summed E-state index contributed by atoms with van der Waals surface area (Å²) in [7, 11) is 0. The Morgan fingerprint density at radius 3 is 2.72 bits per heavy atom. The molecule has 1 saturated heterocycles. The van der Waals surface area contributed by atoms with Crippen molar-refractivity contribution in [1.82, 2.24) is 9.55 Å². The first-order valence-electron chi connectivity index (χ1n) is 5.00. The molecule has 3 N–H and O–H groups in total. The number of alkyl halides is 2. The lowest BCUT2D eigenvalue weighted by molar-refractivity contribution is -0.207. The van der Waals surface area contributed by atoms with E-state index < -0.39 is 42.2 Å². The first kappa shape index (κ1) is 12.9. The monoisotopic (exact) mass is 264 g/mol. The average molecular weight is 264 g/mol. The minimum absolute atomic E-state index is 0.590. The smallest absolute Gasteiger partial charge is 0.330 e. The number of H-pyrrole nitrogens is 1. The molecule has 18 heavy (non-hydrogen) atoms. The number of aromatic amines is 1. The normalized spacial score (nSPS) is 35.9. The van der Waals surface area contributed by atoms with Crippen LogP contribution in [-0.4, -0.2) is 44.5 Å². The molecule has 0 saturated carbocycles. The average Bonchev–Trinajstić information content (AvgIpc) is 2.55. The zero-order chi connectivity index (χ0) is 13.5. The van der Waals surface area contributed by atoms with Crippen LogP contribution in [0.4, 0.5) is 8.78 Å². The van der Waals surface area contributed by atoms with E-state index in [1.165, 1.54) is 0 Å². The Labute approximate surface area is 98.3 Å². The van der Waals surface area contributed by atoms with E-state index in [2.05, 4.69) is 4.74 Å². The third-order valence-electron chi connectivity index (χ3n) is 2.67. The molecule has 0 spiro atoms. The van der Waals surface area contributed by atoms with Gasteiger partial charge in [-0.1, -0.05) is 0 Å². The molecule has 1 aliphatic rings. The maximum atomic E-state index is 13.7. The number of aliphatic hydroxyl groups excluding tert-OH is 2. The van der Waals surface area contributed by atoms with Gasteiger partial charge in [-0.2, -0.15) is 0 Å². The second kappa shape index (κ2) is 4.26. The zero-order valence-corrected chi connectivity index (χ0v) is 8.92. The Morgan fingerprint density at radius 2 is 2.22 bits per heavy atom. The first-order chi connectivity index (χ1) is 8.39. The SMILES string of the molecule is O=c1ccn([C@@H]2O[C@](F)(CO)[C@@H](O)[C@@H]2F)c(=O)[nH]1. The second-order valence-electron chi connectivity index (χ2n) is 3.86. The summed E-state index contributed by atoms with van der Waals surface area (Å²) >= 11 is 0. The Balaban J connectivity index is 2.41. The molecule has 9 heteroatoms. The highest BCUT2D eigenvalue weighted by molar-refractivity contribution is 4.96. The number of hydrogen-bond acceptors (Lipinski definition) is 5. The molecule has 0 bridgehead atoms. The molecule has 0 aromatic carbocycles. The van der Waals surface area contributed by atoms with Crippen molar-refractivity contribution in [2.75, 3.05) is 6.61 Å². The molecule has 1 aromatic rings. The van der Waals surface area contributed by atoms with Crippen LogP contribution < -0.4 is 11.2 Å². The highest BCUT2D eigenvalue weighted by Crippen LogP contribution is 2.38. The van der Waals surface area contributed by atoms with Crippen LogP contribution in [0.25, 0.3) is 0 Å². The molecule has 1 fully saturated rings. The number of nitrogens with one attached hydrogen (secondary N) is 1. The number of halogens is 2. The minimum Gasteiger partial charge on any atom is -0.390 e. The van der Waals surface area contributed by atoms with Gasteiger partial charge in [0.1, 0.15) is 6.61 Å². The van der Waals surface area contributed by atoms with Crippen molar-refractivity contribution in [3.05, 3.63) is 33.1 Å². The van der Waals surface area contributed by atoms with Crippen molar-refractivity contribution in [1.29, 1.82) is 0 Å². The Morgan fingerprint density at radius 1 is 1.56 bits per heavy atom. The summed E-state index contributed by atoms with van der Waals surface area (Å²) in [5.74, 6) is -2.99. The van der Waals surface area contributed by atoms with Crippen molar-refractivity contribution in [3.8, 4) is 0 Å². The van der Waals surface area contributed by atoms with Crippen molar-refractivity contribution in [3.63, 3.8) is 0 Å². The van der Waals surface area contributed by atoms with Gasteiger partial charge in [0, 0.05) is 12.3 Å². The molecule has 0 radical (unpaired) electrons. The first-order valence-corrected chi connectivity index (χ1v) is 5.00. The van der Waals surface area contributed by atoms with Gasteiger partial charge in [0.05, 0.1) is 0 Å². The Hall–Kier alpha value is -1.58. The molecule has 1 aliphatic heterocycles. The fraction of sp³-hybridized carbons (Fsp3) is 0.556. The molecule has 0 unspecified atom stereocenters. The summed E-state index contributed by atoms with van der Waals surface area (Å²) in [6, 6.07) is 0.918. The topological polar surface area (TPSA) is 105 Å². The summed E-state index contributed by atoms with van der Waals surface area (Å²) in [4.78, 5) is 24.0. The quantitative estimate of drug-likeness (QED) is 0.598. The molecular weight excluding hydrogens is 254 g/mol. The predicted octanol–water partition coefficient (Wildman–Crippen LogP) is -1.58. The second-order valence-corrected chi connectivity index (χ2v) is 3.86. The Bertz CT molecular complexity index is 558. The van der Waals surface area contributed by atoms with Gasteiger partial charge in [0.15, 0.2) is 18.5 Å². The van der Waals surface area contributed by atoms with Crippen LogP contribution in [0.5, 0.6) is 0 Å². The number of aromatic nitrogens is 2. The standard InChI is InChI=1S/C9H10F2N2O5/c10-5-6(16)9(11,3-14)18-7(5)13-2-1-4(15)12-8(13)17/h1-2,5-7,14,16H,3H2,(H,12,15,17)/t5-,6-,7+,9+/m0/s1. The van der Waals surface area contributed by atoms with E-state index in [-0.39, 0.29) is 0 Å². The van der Waals surface area contributed by atoms with Gasteiger partial charge in [-0.3, -0.25) is 14.3 Å². The van der Waals surface area contributed by atoms with Gasteiger partial charge in [0.2, 0.25) is 0 Å². The highest BCUT2D eigenvalue weighted by atomic mass is 19.2. The number of hydrogen-bond donors (Lipinski definition) is 3. The van der Waals surface area contributed by atoms with Gasteiger partial charge >= 0.3 is 5.69 Å². The molecule has 0 amide bonds. The van der Waals surface area contributed by atoms with Gasteiger partial charge in [0.25, 0.3) is 11.4 Å². The number of nitrogens with zero attached hydrogens (tertiary/aromatic N) is 1. The van der Waals surface area contributed by atoms with E-state index in [0.29, 0.717) is 4.57 Å². The molecule has 2 heterocycles. The highest BCUT2D eigenvalue weighted by Gasteiger charge is 2.57. The molecule has 0 aliphatic carbocycles. The van der Waals surface area contributed by atoms with Crippen LogP contribution in [0, 0.1) is 0 Å². The van der Waals surface area contributed by atoms with Crippen LogP contribution in [0.2, 0.25) is 0 Å².